The fraction of sp³-hybridized carbons (Fsp3) is 0.250. The van der Waals surface area contributed by atoms with Crippen LogP contribution in [-0.2, 0) is 0 Å². The third kappa shape index (κ3) is 3.88. The number of rotatable bonds is 3. The number of nitrogens with zero attached hydrogens (tertiary/aromatic N) is 3. The van der Waals surface area contributed by atoms with Gasteiger partial charge in [0.05, 0.1) is 0 Å². The van der Waals surface area contributed by atoms with E-state index in [0.717, 1.165) is 11.3 Å². The zero-order valence-corrected chi connectivity index (χ0v) is 15.4. The van der Waals surface area contributed by atoms with Crippen molar-refractivity contribution in [3.05, 3.63) is 71.9 Å². The van der Waals surface area contributed by atoms with Crippen molar-refractivity contribution in [2.24, 2.45) is 0 Å². The van der Waals surface area contributed by atoms with Gasteiger partial charge in [0.2, 0.25) is 0 Å². The average Bonchev–Trinajstić information content (AvgIpc) is 3.07. The first-order valence-corrected chi connectivity index (χ1v) is 9.79. The summed E-state index contributed by atoms with van der Waals surface area (Å²) in [5.41, 5.74) is 1.76. The molecule has 7 heteroatoms. The van der Waals surface area contributed by atoms with Crippen molar-refractivity contribution >= 4 is 17.7 Å². The predicted molar refractivity (Wildman–Crippen MR) is 102 cm³/mol. The number of pyridine rings is 1. The molecular formula is C20H18FN3O2S. The van der Waals surface area contributed by atoms with Crippen molar-refractivity contribution in [1.82, 2.24) is 15.0 Å². The topological polar surface area (TPSA) is 59.2 Å². The molecule has 1 aliphatic heterocycles. The number of hydrogen-bond acceptors (Lipinski definition) is 5. The van der Waals surface area contributed by atoms with Crippen molar-refractivity contribution in [2.75, 3.05) is 18.8 Å². The van der Waals surface area contributed by atoms with Crippen molar-refractivity contribution in [1.29, 1.82) is 0 Å². The Labute approximate surface area is 160 Å². The molecule has 2 aromatic heterocycles. The molecule has 3 heterocycles. The second-order valence-electron chi connectivity index (χ2n) is 6.28. The van der Waals surface area contributed by atoms with Crippen molar-refractivity contribution in [3.8, 4) is 11.3 Å². The Morgan fingerprint density at radius 2 is 2.11 bits per heavy atom. The van der Waals surface area contributed by atoms with E-state index in [1.54, 1.807) is 47.3 Å². The lowest BCUT2D eigenvalue weighted by Gasteiger charge is -2.19. The second kappa shape index (κ2) is 7.92. The fourth-order valence-corrected chi connectivity index (χ4v) is 4.39. The van der Waals surface area contributed by atoms with Crippen LogP contribution in [0.1, 0.15) is 27.7 Å². The Hall–Kier alpha value is -2.67. The van der Waals surface area contributed by atoms with Crippen LogP contribution in [0.15, 0.2) is 59.4 Å². The van der Waals surface area contributed by atoms with Gasteiger partial charge in [-0.15, -0.1) is 0 Å². The molecule has 0 unspecified atom stereocenters. The predicted octanol–water partition coefficient (Wildman–Crippen LogP) is 4.20. The van der Waals surface area contributed by atoms with Gasteiger partial charge in [0, 0.05) is 53.7 Å². The van der Waals surface area contributed by atoms with Gasteiger partial charge in [-0.3, -0.25) is 9.78 Å². The number of halogens is 1. The molecule has 138 valence electrons. The van der Waals surface area contributed by atoms with Crippen molar-refractivity contribution < 1.29 is 13.7 Å². The summed E-state index contributed by atoms with van der Waals surface area (Å²) in [4.78, 5) is 18.6. The van der Waals surface area contributed by atoms with Crippen molar-refractivity contribution in [3.63, 3.8) is 0 Å². The van der Waals surface area contributed by atoms with Crippen LogP contribution in [0, 0.1) is 5.82 Å². The third-order valence-corrected chi connectivity index (χ3v) is 5.87. The first-order valence-electron chi connectivity index (χ1n) is 8.75. The van der Waals surface area contributed by atoms with E-state index in [-0.39, 0.29) is 22.7 Å². The summed E-state index contributed by atoms with van der Waals surface area (Å²) in [6, 6.07) is 12.1. The maximum atomic E-state index is 14.1. The summed E-state index contributed by atoms with van der Waals surface area (Å²) in [6.45, 7) is 1.16. The van der Waals surface area contributed by atoms with E-state index in [0.29, 0.717) is 30.8 Å². The lowest BCUT2D eigenvalue weighted by molar-refractivity contribution is 0.0756. The Morgan fingerprint density at radius 1 is 1.22 bits per heavy atom. The van der Waals surface area contributed by atoms with Crippen LogP contribution in [-0.4, -0.2) is 39.8 Å². The molecular weight excluding hydrogens is 365 g/mol. The maximum Gasteiger partial charge on any atom is 0.276 e. The number of thioether (sulfide) groups is 1. The minimum absolute atomic E-state index is 0.0484. The summed E-state index contributed by atoms with van der Waals surface area (Å²) in [7, 11) is 0. The minimum Gasteiger partial charge on any atom is -0.355 e. The van der Waals surface area contributed by atoms with Crippen LogP contribution in [0.5, 0.6) is 0 Å². The number of benzene rings is 1. The average molecular weight is 383 g/mol. The highest BCUT2D eigenvalue weighted by Gasteiger charge is 2.26. The van der Waals surface area contributed by atoms with Gasteiger partial charge in [-0.2, -0.15) is 11.8 Å². The minimum atomic E-state index is -0.188. The van der Waals surface area contributed by atoms with Gasteiger partial charge in [0.25, 0.3) is 5.91 Å². The normalized spacial score (nSPS) is 17.5. The highest BCUT2D eigenvalue weighted by atomic mass is 32.2. The van der Waals surface area contributed by atoms with Gasteiger partial charge in [0.1, 0.15) is 5.82 Å². The van der Waals surface area contributed by atoms with E-state index in [4.69, 9.17) is 4.52 Å². The summed E-state index contributed by atoms with van der Waals surface area (Å²) in [6.07, 6.45) is 4.04. The molecule has 1 atom stereocenters. The Morgan fingerprint density at radius 3 is 2.93 bits per heavy atom. The largest absolute Gasteiger partial charge is 0.355 e. The van der Waals surface area contributed by atoms with Gasteiger partial charge >= 0.3 is 0 Å². The number of carbonyl (C=O) groups excluding carboxylic acids is 1. The van der Waals surface area contributed by atoms with E-state index in [1.165, 1.54) is 6.07 Å². The van der Waals surface area contributed by atoms with Gasteiger partial charge < -0.3 is 9.42 Å². The number of carbonyl (C=O) groups is 1. The molecule has 0 saturated carbocycles. The highest BCUT2D eigenvalue weighted by molar-refractivity contribution is 7.99. The maximum absolute atomic E-state index is 14.1. The molecule has 1 aliphatic rings. The Bertz CT molecular complexity index is 932. The molecule has 0 N–H and O–H groups in total. The van der Waals surface area contributed by atoms with E-state index in [9.17, 15) is 9.18 Å². The smallest absolute Gasteiger partial charge is 0.276 e. The van der Waals surface area contributed by atoms with E-state index >= 15 is 0 Å². The van der Waals surface area contributed by atoms with E-state index in [1.807, 2.05) is 18.2 Å². The molecule has 3 aromatic rings. The Balaban J connectivity index is 1.46. The van der Waals surface area contributed by atoms with Crippen LogP contribution in [0.3, 0.4) is 0 Å². The zero-order valence-electron chi connectivity index (χ0n) is 14.5. The second-order valence-corrected chi connectivity index (χ2v) is 7.59. The standard InChI is InChI=1S/C20H18FN3O2S/c21-16-6-2-1-5-15(16)19-7-9-24(10-11-27-19)20(25)17-12-18(26-23-17)14-4-3-8-22-13-14/h1-6,8,12-13,19H,7,9-11H2/t19-/m0/s1. The van der Waals surface area contributed by atoms with Crippen LogP contribution in [0.25, 0.3) is 11.3 Å². The SMILES string of the molecule is O=C(c1cc(-c2cccnc2)on1)N1CCS[C@H](c2ccccc2F)CC1. The first-order chi connectivity index (χ1) is 13.2. The lowest BCUT2D eigenvalue weighted by Crippen LogP contribution is -2.33. The van der Waals surface area contributed by atoms with E-state index < -0.39 is 0 Å². The monoisotopic (exact) mass is 383 g/mol. The molecule has 0 aliphatic carbocycles. The van der Waals surface area contributed by atoms with Gasteiger partial charge in [-0.1, -0.05) is 23.4 Å². The third-order valence-electron chi connectivity index (χ3n) is 4.56. The molecule has 1 fully saturated rings. The van der Waals surface area contributed by atoms with Crippen LogP contribution >= 0.6 is 11.8 Å². The van der Waals surface area contributed by atoms with Crippen molar-refractivity contribution in [2.45, 2.75) is 11.7 Å². The molecule has 27 heavy (non-hydrogen) atoms. The number of hydrogen-bond donors (Lipinski definition) is 0. The van der Waals surface area contributed by atoms with E-state index in [2.05, 4.69) is 10.1 Å². The Kier molecular flexibility index (Phi) is 5.20. The first kappa shape index (κ1) is 17.7. The summed E-state index contributed by atoms with van der Waals surface area (Å²) in [5, 5.41) is 3.98. The highest BCUT2D eigenvalue weighted by Crippen LogP contribution is 2.35. The molecule has 1 amide bonds. The van der Waals surface area contributed by atoms with Gasteiger partial charge in [-0.05, 0) is 24.6 Å². The number of aromatic nitrogens is 2. The summed E-state index contributed by atoms with van der Waals surface area (Å²) >= 11 is 1.68. The van der Waals surface area contributed by atoms with Gasteiger partial charge in [0.15, 0.2) is 11.5 Å². The van der Waals surface area contributed by atoms with Crippen LogP contribution in [0.2, 0.25) is 0 Å². The molecule has 1 saturated heterocycles. The quantitative estimate of drug-likeness (QED) is 0.679. The lowest BCUT2D eigenvalue weighted by atomic mass is 10.1. The van der Waals surface area contributed by atoms with Crippen LogP contribution in [0.4, 0.5) is 4.39 Å². The zero-order chi connectivity index (χ0) is 18.6. The van der Waals surface area contributed by atoms with Gasteiger partial charge in [-0.25, -0.2) is 4.39 Å². The molecule has 0 spiro atoms. The molecule has 0 bridgehead atoms. The van der Waals surface area contributed by atoms with Crippen LogP contribution < -0.4 is 0 Å². The molecule has 4 rings (SSSR count). The molecule has 0 radical (unpaired) electrons. The molecule has 1 aromatic carbocycles. The summed E-state index contributed by atoms with van der Waals surface area (Å²) in [5.74, 6) is 0.911. The number of amides is 1. The fourth-order valence-electron chi connectivity index (χ4n) is 3.14. The molecule has 5 nitrogen and oxygen atoms in total. The summed E-state index contributed by atoms with van der Waals surface area (Å²) < 4.78 is 19.4.